The van der Waals surface area contributed by atoms with E-state index in [4.69, 9.17) is 27.9 Å². The van der Waals surface area contributed by atoms with Crippen molar-refractivity contribution in [2.75, 3.05) is 11.9 Å². The van der Waals surface area contributed by atoms with Crippen LogP contribution >= 0.6 is 23.2 Å². The lowest BCUT2D eigenvalue weighted by Crippen LogP contribution is -2.02. The molecule has 0 saturated heterocycles. The van der Waals surface area contributed by atoms with Crippen molar-refractivity contribution < 1.29 is 9.13 Å². The van der Waals surface area contributed by atoms with Crippen LogP contribution in [0.25, 0.3) is 0 Å². The Balaban J connectivity index is 2.03. The molecule has 0 atom stereocenters. The van der Waals surface area contributed by atoms with Crippen LogP contribution in [0.3, 0.4) is 0 Å². The highest BCUT2D eigenvalue weighted by molar-refractivity contribution is 6.32. The number of nitrogens with one attached hydrogen (secondary N) is 1. The predicted octanol–water partition coefficient (Wildman–Crippen LogP) is 5.53. The van der Waals surface area contributed by atoms with Crippen LogP contribution in [0.4, 0.5) is 10.1 Å². The first-order valence-electron chi connectivity index (χ1n) is 6.71. The summed E-state index contributed by atoms with van der Waals surface area (Å²) in [5.41, 5.74) is 1.30. The van der Waals surface area contributed by atoms with Gasteiger partial charge in [-0.25, -0.2) is 4.39 Å². The first-order valence-corrected chi connectivity index (χ1v) is 7.46. The monoisotopic (exact) mass is 327 g/mol. The topological polar surface area (TPSA) is 21.3 Å². The van der Waals surface area contributed by atoms with Gasteiger partial charge in [0.1, 0.15) is 11.6 Å². The van der Waals surface area contributed by atoms with Gasteiger partial charge in [-0.15, -0.1) is 0 Å². The van der Waals surface area contributed by atoms with Crippen LogP contribution in [-0.4, -0.2) is 6.61 Å². The summed E-state index contributed by atoms with van der Waals surface area (Å²) in [5.74, 6) is 0.249. The maximum atomic E-state index is 13.8. The van der Waals surface area contributed by atoms with Gasteiger partial charge in [-0.2, -0.15) is 0 Å². The van der Waals surface area contributed by atoms with Crippen molar-refractivity contribution in [3.8, 4) is 5.75 Å². The summed E-state index contributed by atoms with van der Waals surface area (Å²) in [6.45, 7) is 2.99. The highest BCUT2D eigenvalue weighted by Gasteiger charge is 2.07. The smallest absolute Gasteiger partial charge is 0.146 e. The van der Waals surface area contributed by atoms with Crippen LogP contribution in [0, 0.1) is 5.82 Å². The average Bonchev–Trinajstić information content (AvgIpc) is 2.48. The van der Waals surface area contributed by atoms with Crippen molar-refractivity contribution in [1.29, 1.82) is 0 Å². The molecule has 0 spiro atoms. The minimum Gasteiger partial charge on any atom is -0.492 e. The first kappa shape index (κ1) is 15.9. The van der Waals surface area contributed by atoms with Gasteiger partial charge in [-0.3, -0.25) is 0 Å². The molecule has 2 rings (SSSR count). The van der Waals surface area contributed by atoms with Crippen LogP contribution in [0.2, 0.25) is 10.0 Å². The minimum absolute atomic E-state index is 0.121. The van der Waals surface area contributed by atoms with E-state index < -0.39 is 5.82 Å². The van der Waals surface area contributed by atoms with Gasteiger partial charge in [0.2, 0.25) is 0 Å². The fourth-order valence-corrected chi connectivity index (χ4v) is 2.25. The van der Waals surface area contributed by atoms with Crippen molar-refractivity contribution in [2.45, 2.75) is 19.9 Å². The molecule has 0 aliphatic rings. The maximum Gasteiger partial charge on any atom is 0.146 e. The van der Waals surface area contributed by atoms with E-state index in [1.54, 1.807) is 24.3 Å². The summed E-state index contributed by atoms with van der Waals surface area (Å²) in [6.07, 6.45) is 0.921. The maximum absolute atomic E-state index is 13.8. The lowest BCUT2D eigenvalue weighted by molar-refractivity contribution is 0.317. The molecule has 0 aliphatic carbocycles. The normalized spacial score (nSPS) is 10.5. The van der Waals surface area contributed by atoms with Crippen LogP contribution in [-0.2, 0) is 6.54 Å². The lowest BCUT2D eigenvalue weighted by atomic mass is 10.2. The number of anilines is 1. The highest BCUT2D eigenvalue weighted by atomic mass is 35.5. The van der Waals surface area contributed by atoms with Crippen molar-refractivity contribution in [3.63, 3.8) is 0 Å². The molecule has 0 aromatic heterocycles. The second-order valence-corrected chi connectivity index (χ2v) is 5.37. The quantitative estimate of drug-likeness (QED) is 0.752. The number of hydrogen-bond acceptors (Lipinski definition) is 2. The third kappa shape index (κ3) is 4.26. The molecule has 0 bridgehead atoms. The van der Waals surface area contributed by atoms with Gasteiger partial charge in [0.25, 0.3) is 0 Å². The average molecular weight is 328 g/mol. The molecular formula is C16H16Cl2FNO. The van der Waals surface area contributed by atoms with Gasteiger partial charge in [0, 0.05) is 17.8 Å². The van der Waals surface area contributed by atoms with Crippen LogP contribution in [0.15, 0.2) is 36.4 Å². The molecule has 0 heterocycles. The van der Waals surface area contributed by atoms with Crippen molar-refractivity contribution in [3.05, 3.63) is 57.8 Å². The van der Waals surface area contributed by atoms with E-state index in [1.807, 2.05) is 13.0 Å². The lowest BCUT2D eigenvalue weighted by Gasteiger charge is -2.11. The number of hydrogen-bond donors (Lipinski definition) is 1. The Labute approximate surface area is 133 Å². The van der Waals surface area contributed by atoms with E-state index in [9.17, 15) is 4.39 Å². The zero-order chi connectivity index (χ0) is 15.2. The van der Waals surface area contributed by atoms with Crippen molar-refractivity contribution >= 4 is 28.9 Å². The second-order valence-electron chi connectivity index (χ2n) is 4.56. The first-order chi connectivity index (χ1) is 10.1. The molecule has 0 amide bonds. The van der Waals surface area contributed by atoms with E-state index in [0.717, 1.165) is 12.1 Å². The highest BCUT2D eigenvalue weighted by Crippen LogP contribution is 2.28. The van der Waals surface area contributed by atoms with Gasteiger partial charge in [0.05, 0.1) is 16.7 Å². The molecular weight excluding hydrogens is 312 g/mol. The number of benzene rings is 2. The third-order valence-electron chi connectivity index (χ3n) is 2.91. The molecule has 2 aromatic carbocycles. The molecule has 21 heavy (non-hydrogen) atoms. The summed E-state index contributed by atoms with van der Waals surface area (Å²) in [6, 6.07) is 10.3. The SMILES string of the molecule is CCCOc1ccc(NCc2cccc(Cl)c2F)cc1Cl. The molecule has 0 unspecified atom stereocenters. The fourth-order valence-electron chi connectivity index (χ4n) is 1.82. The van der Waals surface area contributed by atoms with Gasteiger partial charge in [-0.1, -0.05) is 42.3 Å². The molecule has 0 aliphatic heterocycles. The van der Waals surface area contributed by atoms with E-state index in [2.05, 4.69) is 5.32 Å². The van der Waals surface area contributed by atoms with E-state index in [0.29, 0.717) is 29.5 Å². The van der Waals surface area contributed by atoms with Gasteiger partial charge in [0.15, 0.2) is 0 Å². The molecule has 1 N–H and O–H groups in total. The standard InChI is InChI=1S/C16H16Cl2FNO/c1-2-8-21-15-7-6-12(9-14(15)18)20-10-11-4-3-5-13(17)16(11)19/h3-7,9,20H,2,8,10H2,1H3. The number of halogens is 3. The number of ether oxygens (including phenoxy) is 1. The molecule has 5 heteroatoms. The summed E-state index contributed by atoms with van der Waals surface area (Å²) in [7, 11) is 0. The summed E-state index contributed by atoms with van der Waals surface area (Å²) in [4.78, 5) is 0. The Bertz CT molecular complexity index is 619. The van der Waals surface area contributed by atoms with Crippen molar-refractivity contribution in [1.82, 2.24) is 0 Å². The Morgan fingerprint density at radius 1 is 1.14 bits per heavy atom. The number of rotatable bonds is 6. The Morgan fingerprint density at radius 2 is 1.95 bits per heavy atom. The largest absolute Gasteiger partial charge is 0.492 e. The summed E-state index contributed by atoms with van der Waals surface area (Å²) < 4.78 is 19.3. The van der Waals surface area contributed by atoms with E-state index in [1.165, 1.54) is 6.07 Å². The van der Waals surface area contributed by atoms with Crippen LogP contribution in [0.5, 0.6) is 5.75 Å². The predicted molar refractivity (Wildman–Crippen MR) is 86.0 cm³/mol. The molecule has 0 radical (unpaired) electrons. The fraction of sp³-hybridized carbons (Fsp3) is 0.250. The van der Waals surface area contributed by atoms with Gasteiger partial charge < -0.3 is 10.1 Å². The third-order valence-corrected chi connectivity index (χ3v) is 3.50. The van der Waals surface area contributed by atoms with Crippen LogP contribution in [0.1, 0.15) is 18.9 Å². The van der Waals surface area contributed by atoms with Gasteiger partial charge >= 0.3 is 0 Å². The Morgan fingerprint density at radius 3 is 2.67 bits per heavy atom. The summed E-state index contributed by atoms with van der Waals surface area (Å²) in [5, 5.41) is 3.76. The van der Waals surface area contributed by atoms with E-state index in [-0.39, 0.29) is 5.02 Å². The summed E-state index contributed by atoms with van der Waals surface area (Å²) >= 11 is 11.9. The van der Waals surface area contributed by atoms with Gasteiger partial charge in [-0.05, 0) is 30.7 Å². The zero-order valence-corrected chi connectivity index (χ0v) is 13.1. The Kier molecular flexibility index (Phi) is 5.71. The molecule has 2 nitrogen and oxygen atoms in total. The second kappa shape index (κ2) is 7.53. The Hall–Kier alpha value is -1.45. The molecule has 0 fully saturated rings. The molecule has 112 valence electrons. The van der Waals surface area contributed by atoms with Crippen molar-refractivity contribution in [2.24, 2.45) is 0 Å². The molecule has 2 aromatic rings. The van der Waals surface area contributed by atoms with E-state index >= 15 is 0 Å². The van der Waals surface area contributed by atoms with Crippen LogP contribution < -0.4 is 10.1 Å². The zero-order valence-electron chi connectivity index (χ0n) is 11.6. The molecule has 0 saturated carbocycles. The minimum atomic E-state index is -0.402.